The quantitative estimate of drug-likeness (QED) is 0.393. The zero-order valence-electron chi connectivity index (χ0n) is 18.7. The average Bonchev–Trinajstić information content (AvgIpc) is 2.85. The number of hydrogen-bond acceptors (Lipinski definition) is 6. The van der Waals surface area contributed by atoms with Crippen LogP contribution >= 0.6 is 11.6 Å². The number of rotatable bonds is 7. The number of nitrogens with zero attached hydrogens (tertiary/aromatic N) is 1. The minimum absolute atomic E-state index is 0.0956. The van der Waals surface area contributed by atoms with Crippen molar-refractivity contribution >= 4 is 33.5 Å². The molecule has 1 saturated heterocycles. The molecule has 1 aliphatic rings. The summed E-state index contributed by atoms with van der Waals surface area (Å²) in [6.07, 6.45) is 0.235. The molecule has 0 amide bonds. The van der Waals surface area contributed by atoms with Crippen LogP contribution in [0.3, 0.4) is 0 Å². The Hall–Kier alpha value is -2.90. The number of halogens is 1. The lowest BCUT2D eigenvalue weighted by Gasteiger charge is -2.37. The van der Waals surface area contributed by atoms with Crippen molar-refractivity contribution in [3.63, 3.8) is 0 Å². The average molecular weight is 479 g/mol. The van der Waals surface area contributed by atoms with Crippen molar-refractivity contribution in [3.8, 4) is 5.75 Å². The van der Waals surface area contributed by atoms with Crippen molar-refractivity contribution in [2.24, 2.45) is 0 Å². The number of piperazine rings is 1. The molecule has 2 atom stereocenters. The number of ether oxygens (including phenoxy) is 1. The fourth-order valence-electron chi connectivity index (χ4n) is 4.58. The molecule has 0 radical (unpaired) electrons. The van der Waals surface area contributed by atoms with Crippen LogP contribution < -0.4 is 15.5 Å². The van der Waals surface area contributed by atoms with Gasteiger partial charge in [-0.15, -0.1) is 0 Å². The molecular formula is C27H27ClN2O4. The highest BCUT2D eigenvalue weighted by atomic mass is 35.5. The van der Waals surface area contributed by atoms with Crippen LogP contribution in [-0.4, -0.2) is 54.9 Å². The summed E-state index contributed by atoms with van der Waals surface area (Å²) in [7, 11) is 0. The maximum atomic E-state index is 12.9. The van der Waals surface area contributed by atoms with Crippen LogP contribution in [0.4, 0.5) is 0 Å². The van der Waals surface area contributed by atoms with Crippen LogP contribution in [0.5, 0.6) is 5.75 Å². The standard InChI is InChI=1S/C27H27ClN2O4/c28-19-9-10-22-25(14-19)34-27-23(26(22)32)7-4-8-24(27)33-17-21(31)16-30-12-11-29-15-20(30)13-18-5-2-1-3-6-18/h1-10,14,20-21,29,31H,11-13,15-17H2. The van der Waals surface area contributed by atoms with E-state index < -0.39 is 6.10 Å². The van der Waals surface area contributed by atoms with E-state index in [1.807, 2.05) is 6.07 Å². The molecule has 2 N–H and O–H groups in total. The first kappa shape index (κ1) is 22.9. The zero-order valence-corrected chi connectivity index (χ0v) is 19.5. The van der Waals surface area contributed by atoms with E-state index in [0.717, 1.165) is 26.1 Å². The first-order valence-corrected chi connectivity index (χ1v) is 11.9. The third-order valence-corrected chi connectivity index (χ3v) is 6.52. The molecule has 1 fully saturated rings. The predicted octanol–water partition coefficient (Wildman–Crippen LogP) is 3.86. The van der Waals surface area contributed by atoms with E-state index in [1.165, 1.54) is 5.56 Å². The van der Waals surface area contributed by atoms with Gasteiger partial charge in [-0.05, 0) is 36.2 Å². The molecule has 0 bridgehead atoms. The Morgan fingerprint density at radius 1 is 1.12 bits per heavy atom. The Morgan fingerprint density at radius 2 is 1.97 bits per heavy atom. The second-order valence-electron chi connectivity index (χ2n) is 8.71. The highest BCUT2D eigenvalue weighted by Crippen LogP contribution is 2.28. The highest BCUT2D eigenvalue weighted by Gasteiger charge is 2.25. The number of nitrogens with one attached hydrogen (secondary N) is 1. The molecule has 0 saturated carbocycles. The summed E-state index contributed by atoms with van der Waals surface area (Å²) in [6, 6.07) is 20.9. The van der Waals surface area contributed by atoms with Crippen molar-refractivity contribution in [2.75, 3.05) is 32.8 Å². The Kier molecular flexibility index (Phi) is 6.83. The molecule has 7 heteroatoms. The van der Waals surface area contributed by atoms with E-state index in [-0.39, 0.29) is 12.0 Å². The maximum absolute atomic E-state index is 12.9. The zero-order chi connectivity index (χ0) is 23.5. The van der Waals surface area contributed by atoms with Crippen molar-refractivity contribution < 1.29 is 14.3 Å². The van der Waals surface area contributed by atoms with Gasteiger partial charge >= 0.3 is 0 Å². The third kappa shape index (κ3) is 4.95. The fraction of sp³-hybridized carbons (Fsp3) is 0.296. The first-order valence-electron chi connectivity index (χ1n) is 11.5. The smallest absolute Gasteiger partial charge is 0.200 e. The summed E-state index contributed by atoms with van der Waals surface area (Å²) in [5, 5.41) is 15.6. The van der Waals surface area contributed by atoms with Crippen molar-refractivity contribution in [1.29, 1.82) is 0 Å². The molecule has 176 valence electrons. The molecule has 34 heavy (non-hydrogen) atoms. The normalized spacial score (nSPS) is 17.8. The second kappa shape index (κ2) is 10.2. The highest BCUT2D eigenvalue weighted by molar-refractivity contribution is 6.31. The van der Waals surface area contributed by atoms with Gasteiger partial charge in [0.15, 0.2) is 11.3 Å². The van der Waals surface area contributed by atoms with Crippen molar-refractivity contribution in [1.82, 2.24) is 10.2 Å². The maximum Gasteiger partial charge on any atom is 0.200 e. The van der Waals surface area contributed by atoms with Crippen LogP contribution in [-0.2, 0) is 6.42 Å². The van der Waals surface area contributed by atoms with Crippen LogP contribution in [0.25, 0.3) is 21.9 Å². The predicted molar refractivity (Wildman–Crippen MR) is 135 cm³/mol. The molecule has 4 aromatic rings. The molecule has 1 aliphatic heterocycles. The topological polar surface area (TPSA) is 74.9 Å². The van der Waals surface area contributed by atoms with Crippen molar-refractivity contribution in [3.05, 3.63) is 87.5 Å². The van der Waals surface area contributed by atoms with Gasteiger partial charge in [0.05, 0.1) is 10.8 Å². The molecule has 6 nitrogen and oxygen atoms in total. The van der Waals surface area contributed by atoms with E-state index in [2.05, 4.69) is 34.5 Å². The van der Waals surface area contributed by atoms with Gasteiger partial charge in [0.25, 0.3) is 0 Å². The van der Waals surface area contributed by atoms with Gasteiger partial charge in [0.1, 0.15) is 18.3 Å². The number of hydrogen-bond donors (Lipinski definition) is 2. The van der Waals surface area contributed by atoms with Crippen LogP contribution in [0.2, 0.25) is 5.02 Å². The number of β-amino-alcohol motifs (C(OH)–C–C–N with tert-alkyl or cyclic N) is 1. The number of aliphatic hydroxyl groups is 1. The lowest BCUT2D eigenvalue weighted by molar-refractivity contribution is 0.0441. The van der Waals surface area contributed by atoms with E-state index >= 15 is 0 Å². The first-order chi connectivity index (χ1) is 16.6. The Balaban J connectivity index is 1.30. The second-order valence-corrected chi connectivity index (χ2v) is 9.15. The molecule has 0 aliphatic carbocycles. The Labute approximate surface area is 202 Å². The van der Waals surface area contributed by atoms with E-state index in [4.69, 9.17) is 20.8 Å². The summed E-state index contributed by atoms with van der Waals surface area (Å²) in [5.74, 6) is 0.427. The molecule has 5 rings (SSSR count). The van der Waals surface area contributed by atoms with Gasteiger partial charge in [-0.25, -0.2) is 0 Å². The summed E-state index contributed by atoms with van der Waals surface area (Å²) in [4.78, 5) is 15.2. The Bertz CT molecular complexity index is 1340. The van der Waals surface area contributed by atoms with Gasteiger partial charge in [-0.3, -0.25) is 9.69 Å². The molecular weight excluding hydrogens is 452 g/mol. The lowest BCUT2D eigenvalue weighted by atomic mass is 10.0. The van der Waals surface area contributed by atoms with Gasteiger partial charge < -0.3 is 19.6 Å². The number of para-hydroxylation sites is 1. The molecule has 2 heterocycles. The number of benzene rings is 3. The molecule has 3 aromatic carbocycles. The summed E-state index contributed by atoms with van der Waals surface area (Å²) in [6.45, 7) is 3.24. The third-order valence-electron chi connectivity index (χ3n) is 6.29. The SMILES string of the molecule is O=c1c2ccc(Cl)cc2oc2c(OCC(O)CN3CCNCC3Cc3ccccc3)cccc12. The fourth-order valence-corrected chi connectivity index (χ4v) is 4.74. The van der Waals surface area contributed by atoms with Gasteiger partial charge in [0, 0.05) is 43.3 Å². The van der Waals surface area contributed by atoms with Gasteiger partial charge in [0.2, 0.25) is 5.43 Å². The minimum atomic E-state index is -0.687. The molecule has 2 unspecified atom stereocenters. The monoisotopic (exact) mass is 478 g/mol. The largest absolute Gasteiger partial charge is 0.487 e. The van der Waals surface area contributed by atoms with Gasteiger partial charge in [-0.1, -0.05) is 48.0 Å². The van der Waals surface area contributed by atoms with Crippen LogP contribution in [0.15, 0.2) is 75.9 Å². The minimum Gasteiger partial charge on any atom is -0.487 e. The molecule has 1 aromatic heterocycles. The number of aliphatic hydroxyl groups excluding tert-OH is 1. The van der Waals surface area contributed by atoms with Crippen LogP contribution in [0.1, 0.15) is 5.56 Å². The van der Waals surface area contributed by atoms with E-state index in [9.17, 15) is 9.90 Å². The Morgan fingerprint density at radius 3 is 2.82 bits per heavy atom. The van der Waals surface area contributed by atoms with Crippen molar-refractivity contribution in [2.45, 2.75) is 18.6 Å². The van der Waals surface area contributed by atoms with E-state index in [1.54, 1.807) is 36.4 Å². The van der Waals surface area contributed by atoms with Gasteiger partial charge in [-0.2, -0.15) is 0 Å². The summed E-state index contributed by atoms with van der Waals surface area (Å²) < 4.78 is 11.9. The summed E-state index contributed by atoms with van der Waals surface area (Å²) >= 11 is 6.08. The van der Waals surface area contributed by atoms with Crippen LogP contribution in [0, 0.1) is 0 Å². The molecule has 0 spiro atoms. The number of fused-ring (bicyclic) bond motifs is 2. The van der Waals surface area contributed by atoms with E-state index in [0.29, 0.717) is 45.3 Å². The lowest BCUT2D eigenvalue weighted by Crippen LogP contribution is -2.54. The summed E-state index contributed by atoms with van der Waals surface area (Å²) in [5.41, 5.74) is 1.92.